The Balaban J connectivity index is 1.52. The van der Waals surface area contributed by atoms with E-state index in [-0.39, 0.29) is 0 Å². The van der Waals surface area contributed by atoms with Crippen LogP contribution in [-0.2, 0) is 5.41 Å². The first-order chi connectivity index (χ1) is 11.6. The van der Waals surface area contributed by atoms with E-state index in [0.717, 1.165) is 17.8 Å². The maximum atomic E-state index is 5.19. The van der Waals surface area contributed by atoms with Gasteiger partial charge in [-0.3, -0.25) is 4.98 Å². The first kappa shape index (κ1) is 15.1. The maximum absolute atomic E-state index is 5.19. The molecule has 4 bridgehead atoms. The summed E-state index contributed by atoms with van der Waals surface area (Å²) in [5.41, 5.74) is 4.43. The van der Waals surface area contributed by atoms with Crippen molar-refractivity contribution in [3.8, 4) is 10.6 Å². The van der Waals surface area contributed by atoms with E-state index in [9.17, 15) is 0 Å². The Kier molecular flexibility index (Phi) is 3.38. The molecule has 4 aliphatic carbocycles. The van der Waals surface area contributed by atoms with Crippen molar-refractivity contribution in [1.82, 2.24) is 9.97 Å². The summed E-state index contributed by atoms with van der Waals surface area (Å²) < 4.78 is 0. The highest BCUT2D eigenvalue weighted by Crippen LogP contribution is 2.60. The molecular weight excluding hydrogens is 312 g/mol. The highest BCUT2D eigenvalue weighted by Gasteiger charge is 2.52. The molecule has 4 fully saturated rings. The molecule has 2 heterocycles. The summed E-state index contributed by atoms with van der Waals surface area (Å²) in [6.45, 7) is 4.51. The van der Waals surface area contributed by atoms with Crippen LogP contribution >= 0.6 is 11.3 Å². The largest absolute Gasteiger partial charge is 0.264 e. The van der Waals surface area contributed by atoms with Crippen molar-refractivity contribution >= 4 is 11.3 Å². The fourth-order valence-corrected chi connectivity index (χ4v) is 7.13. The van der Waals surface area contributed by atoms with Crippen LogP contribution < -0.4 is 0 Å². The third kappa shape index (κ3) is 2.28. The summed E-state index contributed by atoms with van der Waals surface area (Å²) in [7, 11) is 0. The van der Waals surface area contributed by atoms with E-state index in [1.165, 1.54) is 60.4 Å². The number of nitrogens with zero attached hydrogens (tertiary/aromatic N) is 2. The second-order valence-electron chi connectivity index (χ2n) is 8.85. The summed E-state index contributed by atoms with van der Waals surface area (Å²) in [6.07, 6.45) is 12.6. The zero-order valence-electron chi connectivity index (χ0n) is 14.7. The van der Waals surface area contributed by atoms with Crippen LogP contribution in [0.2, 0.25) is 0 Å². The highest BCUT2D eigenvalue weighted by atomic mass is 32.1. The first-order valence-corrected chi connectivity index (χ1v) is 10.4. The first-order valence-electron chi connectivity index (χ1n) is 9.53. The minimum Gasteiger partial charge on any atom is -0.264 e. The molecular formula is C21H26N2S. The van der Waals surface area contributed by atoms with Crippen LogP contribution in [0.15, 0.2) is 23.8 Å². The summed E-state index contributed by atoms with van der Waals surface area (Å²) in [6, 6.07) is 2.16. The predicted molar refractivity (Wildman–Crippen MR) is 99.3 cm³/mol. The van der Waals surface area contributed by atoms with Gasteiger partial charge in [-0.2, -0.15) is 0 Å². The van der Waals surface area contributed by atoms with E-state index >= 15 is 0 Å². The average molecular weight is 339 g/mol. The topological polar surface area (TPSA) is 25.8 Å². The Morgan fingerprint density at radius 3 is 2.38 bits per heavy atom. The van der Waals surface area contributed by atoms with Crippen molar-refractivity contribution in [2.45, 2.75) is 63.7 Å². The molecule has 0 unspecified atom stereocenters. The van der Waals surface area contributed by atoms with E-state index in [4.69, 9.17) is 4.98 Å². The summed E-state index contributed by atoms with van der Waals surface area (Å²) in [4.78, 5) is 9.56. The van der Waals surface area contributed by atoms with Gasteiger partial charge < -0.3 is 0 Å². The second kappa shape index (κ2) is 5.39. The minimum atomic E-state index is 0.406. The van der Waals surface area contributed by atoms with Gasteiger partial charge in [0.15, 0.2) is 0 Å². The molecule has 0 amide bonds. The van der Waals surface area contributed by atoms with Crippen LogP contribution in [0.3, 0.4) is 0 Å². The van der Waals surface area contributed by atoms with Gasteiger partial charge in [0, 0.05) is 28.8 Å². The van der Waals surface area contributed by atoms with Crippen LogP contribution in [0.5, 0.6) is 0 Å². The van der Waals surface area contributed by atoms with Crippen LogP contribution in [0.4, 0.5) is 0 Å². The fourth-order valence-electron chi connectivity index (χ4n) is 6.15. The third-order valence-corrected chi connectivity index (χ3v) is 7.67. The Hall–Kier alpha value is -1.22. The van der Waals surface area contributed by atoms with Gasteiger partial charge in [-0.05, 0) is 73.8 Å². The normalized spacial score (nSPS) is 34.2. The van der Waals surface area contributed by atoms with Crippen LogP contribution in [0, 0.1) is 17.8 Å². The lowest BCUT2D eigenvalue weighted by Crippen LogP contribution is -2.48. The average Bonchev–Trinajstić information content (AvgIpc) is 3.04. The van der Waals surface area contributed by atoms with Crippen molar-refractivity contribution < 1.29 is 0 Å². The van der Waals surface area contributed by atoms with Gasteiger partial charge in [0.1, 0.15) is 5.01 Å². The maximum Gasteiger partial charge on any atom is 0.125 e. The Morgan fingerprint density at radius 2 is 1.75 bits per heavy atom. The van der Waals surface area contributed by atoms with E-state index < -0.39 is 0 Å². The third-order valence-electron chi connectivity index (χ3n) is 6.79. The Labute approximate surface area is 148 Å². The Bertz CT molecular complexity index is 725. The molecule has 24 heavy (non-hydrogen) atoms. The lowest BCUT2D eigenvalue weighted by Gasteiger charge is -2.56. The van der Waals surface area contributed by atoms with Crippen LogP contribution in [0.25, 0.3) is 10.6 Å². The molecule has 0 radical (unpaired) electrons. The smallest absolute Gasteiger partial charge is 0.125 e. The van der Waals surface area contributed by atoms with E-state index in [0.29, 0.717) is 11.3 Å². The summed E-state index contributed by atoms with van der Waals surface area (Å²) in [5, 5.41) is 3.55. The fraction of sp³-hybridized carbons (Fsp3) is 0.619. The van der Waals surface area contributed by atoms with Crippen molar-refractivity contribution in [3.63, 3.8) is 0 Å². The number of thiazole rings is 1. The van der Waals surface area contributed by atoms with Gasteiger partial charge in [0.05, 0.1) is 5.69 Å². The van der Waals surface area contributed by atoms with Crippen molar-refractivity contribution in [3.05, 3.63) is 35.1 Å². The molecule has 2 aromatic heterocycles. The van der Waals surface area contributed by atoms with E-state index in [1.54, 1.807) is 0 Å². The number of aromatic nitrogens is 2. The SMILES string of the molecule is CC(C)c1ccncc1-c1nc(C23CC4CC(CC(C4)C2)C3)cs1. The molecule has 3 heteroatoms. The molecule has 6 rings (SSSR count). The van der Waals surface area contributed by atoms with E-state index in [2.05, 4.69) is 30.3 Å². The number of hydrogen-bond donors (Lipinski definition) is 0. The molecule has 0 spiro atoms. The summed E-state index contributed by atoms with van der Waals surface area (Å²) >= 11 is 1.83. The Morgan fingerprint density at radius 1 is 1.08 bits per heavy atom. The zero-order valence-corrected chi connectivity index (χ0v) is 15.5. The molecule has 0 aliphatic heterocycles. The quantitative estimate of drug-likeness (QED) is 0.707. The van der Waals surface area contributed by atoms with E-state index in [1.807, 2.05) is 23.7 Å². The van der Waals surface area contributed by atoms with Gasteiger partial charge in [0.2, 0.25) is 0 Å². The van der Waals surface area contributed by atoms with Crippen molar-refractivity contribution in [1.29, 1.82) is 0 Å². The standard InChI is InChI=1S/C21H26N2S/c1-13(2)17-3-4-22-11-18(17)20-23-19(12-24-20)21-8-14-5-15(9-21)7-16(6-14)10-21/h3-4,11-16H,5-10H2,1-2H3. The van der Waals surface area contributed by atoms with Gasteiger partial charge in [-0.15, -0.1) is 11.3 Å². The molecule has 2 aromatic rings. The monoisotopic (exact) mass is 338 g/mol. The molecule has 0 atom stereocenters. The van der Waals surface area contributed by atoms with Crippen LogP contribution in [-0.4, -0.2) is 9.97 Å². The molecule has 0 saturated heterocycles. The molecule has 4 aliphatic rings. The van der Waals surface area contributed by atoms with Crippen molar-refractivity contribution in [2.24, 2.45) is 17.8 Å². The van der Waals surface area contributed by atoms with Gasteiger partial charge >= 0.3 is 0 Å². The summed E-state index contributed by atoms with van der Waals surface area (Å²) in [5.74, 6) is 3.44. The molecule has 126 valence electrons. The van der Waals surface area contributed by atoms with Gasteiger partial charge in [-0.25, -0.2) is 4.98 Å². The number of hydrogen-bond acceptors (Lipinski definition) is 3. The number of rotatable bonds is 3. The zero-order chi connectivity index (χ0) is 16.3. The van der Waals surface area contributed by atoms with Gasteiger partial charge in [-0.1, -0.05) is 13.8 Å². The lowest BCUT2D eigenvalue weighted by atomic mass is 9.49. The molecule has 0 aromatic carbocycles. The number of pyridine rings is 1. The molecule has 4 saturated carbocycles. The minimum absolute atomic E-state index is 0.406. The van der Waals surface area contributed by atoms with Gasteiger partial charge in [0.25, 0.3) is 0 Å². The predicted octanol–water partition coefficient (Wildman–Crippen LogP) is 5.80. The van der Waals surface area contributed by atoms with Crippen molar-refractivity contribution in [2.75, 3.05) is 0 Å². The molecule has 2 nitrogen and oxygen atoms in total. The molecule has 0 N–H and O–H groups in total. The highest BCUT2D eigenvalue weighted by molar-refractivity contribution is 7.13. The second-order valence-corrected chi connectivity index (χ2v) is 9.71. The van der Waals surface area contributed by atoms with Crippen LogP contribution in [0.1, 0.15) is 69.5 Å². The lowest BCUT2D eigenvalue weighted by molar-refractivity contribution is -0.00689.